The zero-order valence-corrected chi connectivity index (χ0v) is 11.1. The van der Waals surface area contributed by atoms with Crippen molar-refractivity contribution in [3.8, 4) is 5.75 Å². The van der Waals surface area contributed by atoms with Crippen molar-refractivity contribution in [2.75, 3.05) is 7.05 Å². The molecular formula is C15H17NO3. The van der Waals surface area contributed by atoms with E-state index >= 15 is 0 Å². The number of ketones is 1. The highest BCUT2D eigenvalue weighted by atomic mass is 16.5. The first-order chi connectivity index (χ1) is 9.15. The van der Waals surface area contributed by atoms with Gasteiger partial charge in [0.25, 0.3) is 0 Å². The van der Waals surface area contributed by atoms with Gasteiger partial charge in [-0.15, -0.1) is 0 Å². The van der Waals surface area contributed by atoms with Gasteiger partial charge in [0.15, 0.2) is 11.5 Å². The predicted octanol–water partition coefficient (Wildman–Crippen LogP) is 2.76. The first-order valence-electron chi connectivity index (χ1n) is 6.54. The fourth-order valence-corrected chi connectivity index (χ4v) is 2.35. The van der Waals surface area contributed by atoms with Gasteiger partial charge in [-0.1, -0.05) is 0 Å². The molecule has 1 heterocycles. The number of nitrogens with one attached hydrogen (secondary N) is 1. The molecule has 0 spiro atoms. The molecule has 1 N–H and O–H groups in total. The van der Waals surface area contributed by atoms with Gasteiger partial charge >= 0.3 is 0 Å². The zero-order valence-electron chi connectivity index (χ0n) is 11.1. The first kappa shape index (κ1) is 12.2. The van der Waals surface area contributed by atoms with Crippen LogP contribution in [0.25, 0.3) is 11.0 Å². The molecule has 4 heteroatoms. The van der Waals surface area contributed by atoms with Crippen LogP contribution in [0, 0.1) is 0 Å². The van der Waals surface area contributed by atoms with Crippen LogP contribution in [0.5, 0.6) is 5.75 Å². The molecule has 1 aliphatic carbocycles. The highest BCUT2D eigenvalue weighted by Crippen LogP contribution is 2.29. The van der Waals surface area contributed by atoms with Crippen molar-refractivity contribution in [1.82, 2.24) is 5.32 Å². The summed E-state index contributed by atoms with van der Waals surface area (Å²) >= 11 is 0. The van der Waals surface area contributed by atoms with Crippen LogP contribution in [0.3, 0.4) is 0 Å². The molecule has 0 saturated heterocycles. The zero-order chi connectivity index (χ0) is 13.4. The monoisotopic (exact) mass is 259 g/mol. The second-order valence-corrected chi connectivity index (χ2v) is 5.06. The van der Waals surface area contributed by atoms with E-state index in [1.165, 1.54) is 6.92 Å². The van der Waals surface area contributed by atoms with Crippen molar-refractivity contribution in [3.05, 3.63) is 30.0 Å². The smallest absolute Gasteiger partial charge is 0.194 e. The standard InChI is InChI=1S/C15H17NO3/c1-9(17)14-5-10-3-4-12(8-15(10)19-14)18-13-6-11(7-13)16-2/h3-5,8,11,13,16H,6-7H2,1-2H3. The maximum Gasteiger partial charge on any atom is 0.194 e. The predicted molar refractivity (Wildman–Crippen MR) is 72.7 cm³/mol. The van der Waals surface area contributed by atoms with Gasteiger partial charge in [0.2, 0.25) is 0 Å². The Morgan fingerprint density at radius 3 is 2.84 bits per heavy atom. The number of carbonyl (C=O) groups is 1. The molecule has 0 amide bonds. The topological polar surface area (TPSA) is 51.5 Å². The third-order valence-electron chi connectivity index (χ3n) is 3.64. The van der Waals surface area contributed by atoms with Gasteiger partial charge in [-0.2, -0.15) is 0 Å². The highest BCUT2D eigenvalue weighted by Gasteiger charge is 2.29. The van der Waals surface area contributed by atoms with Crippen LogP contribution in [0.1, 0.15) is 30.3 Å². The summed E-state index contributed by atoms with van der Waals surface area (Å²) in [4.78, 5) is 11.3. The Balaban J connectivity index is 1.76. The molecular weight excluding hydrogens is 242 g/mol. The van der Waals surface area contributed by atoms with Crippen LogP contribution >= 0.6 is 0 Å². The van der Waals surface area contributed by atoms with E-state index in [4.69, 9.17) is 9.15 Å². The molecule has 100 valence electrons. The van der Waals surface area contributed by atoms with E-state index < -0.39 is 0 Å². The van der Waals surface area contributed by atoms with Crippen LogP contribution in [-0.4, -0.2) is 25.0 Å². The van der Waals surface area contributed by atoms with E-state index in [0.29, 0.717) is 17.4 Å². The Morgan fingerprint density at radius 1 is 1.37 bits per heavy atom. The van der Waals surface area contributed by atoms with E-state index in [2.05, 4.69) is 5.32 Å². The molecule has 3 rings (SSSR count). The van der Waals surface area contributed by atoms with Crippen molar-refractivity contribution in [2.45, 2.75) is 31.9 Å². The van der Waals surface area contributed by atoms with Crippen LogP contribution in [-0.2, 0) is 0 Å². The van der Waals surface area contributed by atoms with Crippen molar-refractivity contribution < 1.29 is 13.9 Å². The number of fused-ring (bicyclic) bond motifs is 1. The lowest BCUT2D eigenvalue weighted by Crippen LogP contribution is -2.45. The number of carbonyl (C=O) groups excluding carboxylic acids is 1. The second kappa shape index (κ2) is 4.70. The highest BCUT2D eigenvalue weighted by molar-refractivity contribution is 5.96. The average molecular weight is 259 g/mol. The Labute approximate surface area is 111 Å². The summed E-state index contributed by atoms with van der Waals surface area (Å²) in [5.74, 6) is 1.14. The number of Topliss-reactive ketones (excluding diaryl/α,β-unsaturated/α-hetero) is 1. The molecule has 0 bridgehead atoms. The third-order valence-corrected chi connectivity index (χ3v) is 3.64. The Kier molecular flexibility index (Phi) is 3.03. The van der Waals surface area contributed by atoms with Gasteiger partial charge in [0.05, 0.1) is 0 Å². The van der Waals surface area contributed by atoms with Crippen molar-refractivity contribution in [1.29, 1.82) is 0 Å². The molecule has 1 aromatic heterocycles. The summed E-state index contributed by atoms with van der Waals surface area (Å²) in [6.45, 7) is 1.50. The first-order valence-corrected chi connectivity index (χ1v) is 6.54. The summed E-state index contributed by atoms with van der Waals surface area (Å²) in [7, 11) is 1.97. The van der Waals surface area contributed by atoms with Crippen LogP contribution in [0.15, 0.2) is 28.7 Å². The Bertz CT molecular complexity index is 611. The Morgan fingerprint density at radius 2 is 2.16 bits per heavy atom. The van der Waals surface area contributed by atoms with Crippen molar-refractivity contribution in [2.24, 2.45) is 0 Å². The SMILES string of the molecule is CNC1CC(Oc2ccc3cc(C(C)=O)oc3c2)C1. The molecule has 1 saturated carbocycles. The summed E-state index contributed by atoms with van der Waals surface area (Å²) in [6, 6.07) is 8.04. The minimum atomic E-state index is -0.0606. The summed E-state index contributed by atoms with van der Waals surface area (Å²) in [5.41, 5.74) is 0.701. The maximum atomic E-state index is 11.3. The van der Waals surface area contributed by atoms with E-state index in [1.807, 2.05) is 25.2 Å². The van der Waals surface area contributed by atoms with Crippen LogP contribution < -0.4 is 10.1 Å². The molecule has 0 unspecified atom stereocenters. The van der Waals surface area contributed by atoms with Crippen LogP contribution in [0.4, 0.5) is 0 Å². The average Bonchev–Trinajstić information content (AvgIpc) is 2.76. The van der Waals surface area contributed by atoms with Gasteiger partial charge in [-0.25, -0.2) is 0 Å². The minimum Gasteiger partial charge on any atom is -0.490 e. The maximum absolute atomic E-state index is 11.3. The van der Waals surface area contributed by atoms with Gasteiger partial charge in [0.1, 0.15) is 17.4 Å². The lowest BCUT2D eigenvalue weighted by Gasteiger charge is -2.35. The van der Waals surface area contributed by atoms with E-state index in [0.717, 1.165) is 24.0 Å². The number of benzene rings is 1. The number of hydrogen-bond acceptors (Lipinski definition) is 4. The molecule has 0 atom stereocenters. The molecule has 0 radical (unpaired) electrons. The second-order valence-electron chi connectivity index (χ2n) is 5.06. The molecule has 2 aromatic rings. The normalized spacial score (nSPS) is 22.2. The molecule has 1 aliphatic rings. The molecule has 1 fully saturated rings. The largest absolute Gasteiger partial charge is 0.490 e. The molecule has 1 aromatic carbocycles. The molecule has 0 aliphatic heterocycles. The molecule has 4 nitrogen and oxygen atoms in total. The number of rotatable bonds is 4. The summed E-state index contributed by atoms with van der Waals surface area (Å²) in [6.07, 6.45) is 2.34. The number of ether oxygens (including phenoxy) is 1. The fourth-order valence-electron chi connectivity index (χ4n) is 2.35. The van der Waals surface area contributed by atoms with Crippen molar-refractivity contribution in [3.63, 3.8) is 0 Å². The Hall–Kier alpha value is -1.81. The quantitative estimate of drug-likeness (QED) is 0.858. The van der Waals surface area contributed by atoms with Gasteiger partial charge < -0.3 is 14.5 Å². The van der Waals surface area contributed by atoms with E-state index in [1.54, 1.807) is 6.07 Å². The molecule has 19 heavy (non-hydrogen) atoms. The van der Waals surface area contributed by atoms with E-state index in [9.17, 15) is 4.79 Å². The number of hydrogen-bond donors (Lipinski definition) is 1. The van der Waals surface area contributed by atoms with Crippen molar-refractivity contribution >= 4 is 16.8 Å². The summed E-state index contributed by atoms with van der Waals surface area (Å²) < 4.78 is 11.4. The lowest BCUT2D eigenvalue weighted by molar-refractivity contribution is 0.0885. The van der Waals surface area contributed by atoms with E-state index in [-0.39, 0.29) is 11.9 Å². The summed E-state index contributed by atoms with van der Waals surface area (Å²) in [5, 5.41) is 4.16. The third kappa shape index (κ3) is 2.36. The minimum absolute atomic E-state index is 0.0606. The fraction of sp³-hybridized carbons (Fsp3) is 0.400. The van der Waals surface area contributed by atoms with Gasteiger partial charge in [-0.3, -0.25) is 4.79 Å². The van der Waals surface area contributed by atoms with Gasteiger partial charge in [-0.05, 0) is 38.1 Å². The lowest BCUT2D eigenvalue weighted by atomic mass is 9.89. The van der Waals surface area contributed by atoms with Crippen LogP contribution in [0.2, 0.25) is 0 Å². The number of furan rings is 1. The van der Waals surface area contributed by atoms with Gasteiger partial charge in [0, 0.05) is 24.4 Å².